The van der Waals surface area contributed by atoms with Gasteiger partial charge in [0.2, 0.25) is 10.0 Å². The summed E-state index contributed by atoms with van der Waals surface area (Å²) in [6.07, 6.45) is 1.32. The zero-order valence-electron chi connectivity index (χ0n) is 12.8. The summed E-state index contributed by atoms with van der Waals surface area (Å²) in [7, 11) is -2.11. The van der Waals surface area contributed by atoms with Crippen molar-refractivity contribution >= 4 is 27.4 Å². The summed E-state index contributed by atoms with van der Waals surface area (Å²) in [5, 5.41) is 3.25. The molecule has 1 heterocycles. The molecule has 8 heteroatoms. The third kappa shape index (κ3) is 4.29. The predicted octanol–water partition coefficient (Wildman–Crippen LogP) is 2.21. The number of hydrogen-bond donors (Lipinski definition) is 1. The molecule has 0 bridgehead atoms. The molecule has 1 unspecified atom stereocenters. The summed E-state index contributed by atoms with van der Waals surface area (Å²) in [6.45, 7) is 6.82. The van der Waals surface area contributed by atoms with Crippen LogP contribution >= 0.6 is 11.6 Å². The summed E-state index contributed by atoms with van der Waals surface area (Å²) < 4.78 is 31.7. The maximum atomic E-state index is 12.7. The first-order valence-corrected chi connectivity index (χ1v) is 8.60. The van der Waals surface area contributed by atoms with E-state index in [0.717, 1.165) is 0 Å². The quantitative estimate of drug-likeness (QED) is 0.788. The summed E-state index contributed by atoms with van der Waals surface area (Å²) in [5.41, 5.74) is 0. The Bertz CT molecular complexity index is 566. The highest BCUT2D eigenvalue weighted by atomic mass is 35.5. The van der Waals surface area contributed by atoms with Crippen LogP contribution in [0.25, 0.3) is 0 Å². The molecule has 1 atom stereocenters. The van der Waals surface area contributed by atoms with Crippen molar-refractivity contribution in [3.8, 4) is 0 Å². The van der Waals surface area contributed by atoms with Gasteiger partial charge in [0.15, 0.2) is 0 Å². The Labute approximate surface area is 131 Å². The maximum absolute atomic E-state index is 12.7. The molecule has 0 radical (unpaired) electrons. The van der Waals surface area contributed by atoms with Gasteiger partial charge < -0.3 is 10.1 Å². The van der Waals surface area contributed by atoms with Crippen molar-refractivity contribution in [1.82, 2.24) is 9.29 Å². The van der Waals surface area contributed by atoms with Crippen molar-refractivity contribution in [1.29, 1.82) is 0 Å². The number of likely N-dealkylation sites (N-methyl/N-ethyl adjacent to an activating group) is 1. The molecule has 0 amide bonds. The van der Waals surface area contributed by atoms with E-state index in [1.165, 1.54) is 16.6 Å². The molecule has 0 saturated heterocycles. The van der Waals surface area contributed by atoms with Gasteiger partial charge in [-0.2, -0.15) is 4.31 Å². The molecule has 0 aliphatic heterocycles. The summed E-state index contributed by atoms with van der Waals surface area (Å²) in [6, 6.07) is 1.15. The number of anilines is 1. The van der Waals surface area contributed by atoms with Crippen molar-refractivity contribution in [2.45, 2.75) is 31.7 Å². The van der Waals surface area contributed by atoms with Crippen LogP contribution < -0.4 is 5.32 Å². The van der Waals surface area contributed by atoms with Crippen LogP contribution in [0.2, 0.25) is 5.02 Å². The van der Waals surface area contributed by atoms with E-state index in [4.69, 9.17) is 16.3 Å². The molecule has 0 spiro atoms. The molecule has 1 aromatic rings. The second-order valence-corrected chi connectivity index (χ2v) is 6.84. The van der Waals surface area contributed by atoms with Crippen LogP contribution in [-0.2, 0) is 14.8 Å². The van der Waals surface area contributed by atoms with Crippen molar-refractivity contribution < 1.29 is 13.2 Å². The first-order chi connectivity index (χ1) is 9.88. The lowest BCUT2D eigenvalue weighted by Crippen LogP contribution is -2.40. The SMILES string of the molecule is CCNc1ncc(S(=O)(=O)N(CC)C(C)COC)cc1Cl. The van der Waals surface area contributed by atoms with Gasteiger partial charge >= 0.3 is 0 Å². The molecule has 0 aliphatic carbocycles. The number of methoxy groups -OCH3 is 1. The van der Waals surface area contributed by atoms with Crippen LogP contribution in [0.1, 0.15) is 20.8 Å². The second-order valence-electron chi connectivity index (χ2n) is 4.54. The lowest BCUT2D eigenvalue weighted by Gasteiger charge is -2.26. The Kier molecular flexibility index (Phi) is 6.86. The van der Waals surface area contributed by atoms with E-state index in [-0.39, 0.29) is 16.0 Å². The Morgan fingerprint density at radius 3 is 2.62 bits per heavy atom. The first kappa shape index (κ1) is 18.2. The zero-order chi connectivity index (χ0) is 16.0. The zero-order valence-corrected chi connectivity index (χ0v) is 14.3. The smallest absolute Gasteiger partial charge is 0.244 e. The van der Waals surface area contributed by atoms with E-state index < -0.39 is 10.0 Å². The fourth-order valence-corrected chi connectivity index (χ4v) is 3.93. The number of rotatable bonds is 8. The number of nitrogens with one attached hydrogen (secondary N) is 1. The van der Waals surface area contributed by atoms with Crippen LogP contribution in [-0.4, -0.2) is 50.6 Å². The molecule has 0 saturated carbocycles. The summed E-state index contributed by atoms with van der Waals surface area (Å²) in [5.74, 6) is 0.478. The monoisotopic (exact) mass is 335 g/mol. The van der Waals surface area contributed by atoms with Gasteiger partial charge in [-0.1, -0.05) is 18.5 Å². The molecule has 1 rings (SSSR count). The summed E-state index contributed by atoms with van der Waals surface area (Å²) >= 11 is 6.07. The number of pyridine rings is 1. The van der Waals surface area contributed by atoms with E-state index in [0.29, 0.717) is 25.5 Å². The van der Waals surface area contributed by atoms with Crippen LogP contribution in [0.4, 0.5) is 5.82 Å². The lowest BCUT2D eigenvalue weighted by molar-refractivity contribution is 0.142. The second kappa shape index (κ2) is 7.93. The molecular formula is C13H22ClN3O3S. The number of ether oxygens (including phenoxy) is 1. The molecule has 0 aromatic carbocycles. The standard InChI is InChI=1S/C13H22ClN3O3S/c1-5-15-13-12(14)7-11(8-16-13)21(18,19)17(6-2)10(3)9-20-4/h7-8,10H,5-6,9H2,1-4H3,(H,15,16). The molecular weight excluding hydrogens is 314 g/mol. The average Bonchev–Trinajstić information content (AvgIpc) is 2.42. The van der Waals surface area contributed by atoms with Crippen molar-refractivity contribution in [3.63, 3.8) is 0 Å². The van der Waals surface area contributed by atoms with Gasteiger partial charge in [-0.05, 0) is 19.9 Å². The highest BCUT2D eigenvalue weighted by Gasteiger charge is 2.28. The normalized spacial score (nSPS) is 13.4. The molecule has 0 aliphatic rings. The minimum Gasteiger partial charge on any atom is -0.383 e. The predicted molar refractivity (Wildman–Crippen MR) is 84.3 cm³/mol. The Morgan fingerprint density at radius 1 is 1.48 bits per heavy atom. The van der Waals surface area contributed by atoms with Crippen LogP contribution in [0.15, 0.2) is 17.2 Å². The van der Waals surface area contributed by atoms with Gasteiger partial charge in [0.25, 0.3) is 0 Å². The van der Waals surface area contributed by atoms with Gasteiger partial charge in [-0.15, -0.1) is 0 Å². The molecule has 120 valence electrons. The lowest BCUT2D eigenvalue weighted by atomic mass is 10.4. The minimum atomic E-state index is -3.65. The van der Waals surface area contributed by atoms with Crippen molar-refractivity contribution in [2.75, 3.05) is 32.1 Å². The van der Waals surface area contributed by atoms with Gasteiger partial charge in [0.05, 0.1) is 11.6 Å². The molecule has 1 N–H and O–H groups in total. The number of sulfonamides is 1. The van der Waals surface area contributed by atoms with E-state index in [2.05, 4.69) is 10.3 Å². The van der Waals surface area contributed by atoms with E-state index in [9.17, 15) is 8.42 Å². The van der Waals surface area contributed by atoms with Gasteiger partial charge in [-0.25, -0.2) is 13.4 Å². The number of aromatic nitrogens is 1. The molecule has 1 aromatic heterocycles. The van der Waals surface area contributed by atoms with Gasteiger partial charge in [-0.3, -0.25) is 0 Å². The number of hydrogen-bond acceptors (Lipinski definition) is 5. The molecule has 0 fully saturated rings. The fourth-order valence-electron chi connectivity index (χ4n) is 2.04. The van der Waals surface area contributed by atoms with E-state index in [1.54, 1.807) is 21.0 Å². The highest BCUT2D eigenvalue weighted by molar-refractivity contribution is 7.89. The van der Waals surface area contributed by atoms with Crippen molar-refractivity contribution in [2.24, 2.45) is 0 Å². The Hall–Kier alpha value is -0.890. The molecule has 6 nitrogen and oxygen atoms in total. The third-order valence-corrected chi connectivity index (χ3v) is 5.32. The van der Waals surface area contributed by atoms with Crippen LogP contribution in [0, 0.1) is 0 Å². The van der Waals surface area contributed by atoms with E-state index in [1.807, 2.05) is 6.92 Å². The van der Waals surface area contributed by atoms with Crippen LogP contribution in [0.3, 0.4) is 0 Å². The number of nitrogens with zero attached hydrogens (tertiary/aromatic N) is 2. The van der Waals surface area contributed by atoms with E-state index >= 15 is 0 Å². The minimum absolute atomic E-state index is 0.0824. The summed E-state index contributed by atoms with van der Waals surface area (Å²) in [4.78, 5) is 4.16. The highest BCUT2D eigenvalue weighted by Crippen LogP contribution is 2.25. The fraction of sp³-hybridized carbons (Fsp3) is 0.615. The Balaban J connectivity index is 3.14. The first-order valence-electron chi connectivity index (χ1n) is 6.78. The number of halogens is 1. The third-order valence-electron chi connectivity index (χ3n) is 2.98. The topological polar surface area (TPSA) is 71.5 Å². The Morgan fingerprint density at radius 2 is 2.14 bits per heavy atom. The maximum Gasteiger partial charge on any atom is 0.244 e. The average molecular weight is 336 g/mol. The van der Waals surface area contributed by atoms with Crippen LogP contribution in [0.5, 0.6) is 0 Å². The molecule has 21 heavy (non-hydrogen) atoms. The van der Waals surface area contributed by atoms with Crippen molar-refractivity contribution in [3.05, 3.63) is 17.3 Å². The largest absolute Gasteiger partial charge is 0.383 e. The van der Waals surface area contributed by atoms with Gasteiger partial charge in [0.1, 0.15) is 10.7 Å². The van der Waals surface area contributed by atoms with Gasteiger partial charge in [0, 0.05) is 32.4 Å².